The predicted molar refractivity (Wildman–Crippen MR) is 71.0 cm³/mol. The lowest BCUT2D eigenvalue weighted by Gasteiger charge is -2.07. The summed E-state index contributed by atoms with van der Waals surface area (Å²) in [6.45, 7) is 1.23. The van der Waals surface area contributed by atoms with Crippen LogP contribution < -0.4 is 10.5 Å². The molecule has 0 bridgehead atoms. The Morgan fingerprint density at radius 3 is 2.39 bits per heavy atom. The van der Waals surface area contributed by atoms with E-state index in [0.29, 0.717) is 18.7 Å². The number of nitrogens with two attached hydrogens (primary N) is 1. The Kier molecular flexibility index (Phi) is 4.31. The van der Waals surface area contributed by atoms with Crippen molar-refractivity contribution in [2.24, 2.45) is 5.73 Å². The van der Waals surface area contributed by atoms with E-state index in [1.807, 2.05) is 30.3 Å². The summed E-state index contributed by atoms with van der Waals surface area (Å²) in [5.74, 6) is 0.567. The quantitative estimate of drug-likeness (QED) is 0.821. The predicted octanol–water partition coefficient (Wildman–Crippen LogP) is 3.22. The molecule has 2 nitrogen and oxygen atoms in total. The van der Waals surface area contributed by atoms with E-state index in [0.717, 1.165) is 17.7 Å². The third kappa shape index (κ3) is 3.08. The Hall–Kier alpha value is -1.87. The second-order valence-corrected chi connectivity index (χ2v) is 3.99. The van der Waals surface area contributed by atoms with Crippen LogP contribution in [-0.4, -0.2) is 13.2 Å². The summed E-state index contributed by atoms with van der Waals surface area (Å²) in [4.78, 5) is 0. The van der Waals surface area contributed by atoms with Crippen molar-refractivity contribution < 1.29 is 9.13 Å². The fourth-order valence-electron chi connectivity index (χ4n) is 1.70. The first-order valence-corrected chi connectivity index (χ1v) is 5.99. The van der Waals surface area contributed by atoms with E-state index >= 15 is 0 Å². The Labute approximate surface area is 106 Å². The molecular formula is C15H16FNO. The lowest BCUT2D eigenvalue weighted by Crippen LogP contribution is -2.05. The molecule has 0 saturated carbocycles. The van der Waals surface area contributed by atoms with Crippen LogP contribution in [0.5, 0.6) is 5.75 Å². The van der Waals surface area contributed by atoms with Crippen molar-refractivity contribution in [3.05, 3.63) is 54.3 Å². The van der Waals surface area contributed by atoms with Crippen LogP contribution in [0.15, 0.2) is 48.5 Å². The molecule has 18 heavy (non-hydrogen) atoms. The molecule has 2 aromatic rings. The van der Waals surface area contributed by atoms with Crippen LogP contribution in [0.4, 0.5) is 4.39 Å². The number of hydrogen-bond donors (Lipinski definition) is 1. The normalized spacial score (nSPS) is 10.3. The van der Waals surface area contributed by atoms with E-state index in [4.69, 9.17) is 10.5 Å². The summed E-state index contributed by atoms with van der Waals surface area (Å²) in [5, 5.41) is 0. The van der Waals surface area contributed by atoms with Crippen LogP contribution >= 0.6 is 0 Å². The summed E-state index contributed by atoms with van der Waals surface area (Å²) in [6, 6.07) is 14.1. The fourth-order valence-corrected chi connectivity index (χ4v) is 1.70. The molecule has 2 N–H and O–H groups in total. The van der Waals surface area contributed by atoms with E-state index in [1.165, 1.54) is 6.07 Å². The van der Waals surface area contributed by atoms with Gasteiger partial charge in [-0.05, 0) is 36.7 Å². The van der Waals surface area contributed by atoms with E-state index < -0.39 is 0 Å². The molecule has 0 unspecified atom stereocenters. The second-order valence-electron chi connectivity index (χ2n) is 3.99. The van der Waals surface area contributed by atoms with Crippen molar-refractivity contribution in [1.29, 1.82) is 0 Å². The van der Waals surface area contributed by atoms with E-state index in [2.05, 4.69) is 0 Å². The summed E-state index contributed by atoms with van der Waals surface area (Å²) in [6.07, 6.45) is 0.828. The number of benzene rings is 2. The van der Waals surface area contributed by atoms with Gasteiger partial charge in [0.1, 0.15) is 11.6 Å². The van der Waals surface area contributed by atoms with Gasteiger partial charge in [-0.2, -0.15) is 0 Å². The molecule has 0 heterocycles. The first kappa shape index (κ1) is 12.6. The van der Waals surface area contributed by atoms with Gasteiger partial charge in [0, 0.05) is 5.56 Å². The third-order valence-corrected chi connectivity index (χ3v) is 2.66. The van der Waals surface area contributed by atoms with E-state index in [9.17, 15) is 4.39 Å². The Balaban J connectivity index is 2.10. The minimum absolute atomic E-state index is 0.214. The molecule has 0 fully saturated rings. The monoisotopic (exact) mass is 245 g/mol. The maximum atomic E-state index is 13.6. The summed E-state index contributed by atoms with van der Waals surface area (Å²) in [5.41, 5.74) is 6.84. The molecule has 0 aliphatic rings. The Bertz CT molecular complexity index is 496. The molecule has 0 saturated heterocycles. The molecule has 2 rings (SSSR count). The van der Waals surface area contributed by atoms with Crippen LogP contribution in [0.25, 0.3) is 11.1 Å². The molecule has 2 aromatic carbocycles. The van der Waals surface area contributed by atoms with Gasteiger partial charge in [-0.1, -0.05) is 30.3 Å². The Morgan fingerprint density at radius 2 is 1.72 bits per heavy atom. The van der Waals surface area contributed by atoms with Crippen LogP contribution in [-0.2, 0) is 0 Å². The van der Waals surface area contributed by atoms with Crippen molar-refractivity contribution >= 4 is 0 Å². The largest absolute Gasteiger partial charge is 0.494 e. The average molecular weight is 245 g/mol. The molecule has 0 aliphatic heterocycles. The zero-order valence-corrected chi connectivity index (χ0v) is 10.1. The van der Waals surface area contributed by atoms with Gasteiger partial charge in [-0.15, -0.1) is 0 Å². The first-order valence-electron chi connectivity index (χ1n) is 5.99. The van der Waals surface area contributed by atoms with Gasteiger partial charge in [-0.3, -0.25) is 0 Å². The number of ether oxygens (including phenoxy) is 1. The first-order chi connectivity index (χ1) is 8.81. The minimum Gasteiger partial charge on any atom is -0.494 e. The molecule has 0 amide bonds. The van der Waals surface area contributed by atoms with Crippen molar-refractivity contribution in [2.45, 2.75) is 6.42 Å². The highest BCUT2D eigenvalue weighted by Gasteiger charge is 2.03. The number of rotatable bonds is 5. The molecular weight excluding hydrogens is 229 g/mol. The smallest absolute Gasteiger partial charge is 0.131 e. The van der Waals surface area contributed by atoms with Gasteiger partial charge in [-0.25, -0.2) is 4.39 Å². The SMILES string of the molecule is NCCCOc1ccc(-c2ccccc2F)cc1. The Morgan fingerprint density at radius 1 is 1.00 bits per heavy atom. The van der Waals surface area contributed by atoms with Gasteiger partial charge in [0.25, 0.3) is 0 Å². The van der Waals surface area contributed by atoms with Gasteiger partial charge < -0.3 is 10.5 Å². The highest BCUT2D eigenvalue weighted by Crippen LogP contribution is 2.24. The molecule has 3 heteroatoms. The zero-order chi connectivity index (χ0) is 12.8. The van der Waals surface area contributed by atoms with Crippen molar-refractivity contribution in [3.8, 4) is 16.9 Å². The average Bonchev–Trinajstić information content (AvgIpc) is 2.41. The van der Waals surface area contributed by atoms with Crippen LogP contribution in [0.3, 0.4) is 0 Å². The van der Waals surface area contributed by atoms with E-state index in [-0.39, 0.29) is 5.82 Å². The van der Waals surface area contributed by atoms with Crippen LogP contribution in [0.1, 0.15) is 6.42 Å². The lowest BCUT2D eigenvalue weighted by atomic mass is 10.1. The maximum Gasteiger partial charge on any atom is 0.131 e. The van der Waals surface area contributed by atoms with Crippen molar-refractivity contribution in [2.75, 3.05) is 13.2 Å². The molecule has 0 atom stereocenters. The standard InChI is InChI=1S/C15H16FNO/c16-15-5-2-1-4-14(15)12-6-8-13(9-7-12)18-11-3-10-17/h1-2,4-9H,3,10-11,17H2. The van der Waals surface area contributed by atoms with E-state index in [1.54, 1.807) is 12.1 Å². The van der Waals surface area contributed by atoms with Crippen molar-refractivity contribution in [3.63, 3.8) is 0 Å². The number of halogens is 1. The van der Waals surface area contributed by atoms with Gasteiger partial charge in [0.15, 0.2) is 0 Å². The molecule has 0 spiro atoms. The molecule has 0 aliphatic carbocycles. The summed E-state index contributed by atoms with van der Waals surface area (Å²) < 4.78 is 19.1. The number of hydrogen-bond acceptors (Lipinski definition) is 2. The zero-order valence-electron chi connectivity index (χ0n) is 10.1. The second kappa shape index (κ2) is 6.17. The minimum atomic E-state index is -0.214. The lowest BCUT2D eigenvalue weighted by molar-refractivity contribution is 0.313. The third-order valence-electron chi connectivity index (χ3n) is 2.66. The summed E-state index contributed by atoms with van der Waals surface area (Å²) in [7, 11) is 0. The molecule has 0 radical (unpaired) electrons. The topological polar surface area (TPSA) is 35.2 Å². The van der Waals surface area contributed by atoms with Gasteiger partial charge in [0.05, 0.1) is 6.61 Å². The highest BCUT2D eigenvalue weighted by molar-refractivity contribution is 5.64. The van der Waals surface area contributed by atoms with Crippen LogP contribution in [0.2, 0.25) is 0 Å². The molecule has 94 valence electrons. The van der Waals surface area contributed by atoms with Gasteiger partial charge in [0.2, 0.25) is 0 Å². The highest BCUT2D eigenvalue weighted by atomic mass is 19.1. The fraction of sp³-hybridized carbons (Fsp3) is 0.200. The molecule has 0 aromatic heterocycles. The van der Waals surface area contributed by atoms with Crippen LogP contribution in [0, 0.1) is 5.82 Å². The van der Waals surface area contributed by atoms with Gasteiger partial charge >= 0.3 is 0 Å². The summed E-state index contributed by atoms with van der Waals surface area (Å²) >= 11 is 0. The maximum absolute atomic E-state index is 13.6. The van der Waals surface area contributed by atoms with Crippen molar-refractivity contribution in [1.82, 2.24) is 0 Å².